The summed E-state index contributed by atoms with van der Waals surface area (Å²) in [6, 6.07) is 16.1. The second-order valence-corrected chi connectivity index (χ2v) is 5.37. The first-order chi connectivity index (χ1) is 12.6. The van der Waals surface area contributed by atoms with Crippen molar-refractivity contribution in [3.05, 3.63) is 66.0 Å². The van der Waals surface area contributed by atoms with Crippen molar-refractivity contribution in [3.8, 4) is 6.07 Å². The molecule has 1 aromatic heterocycles. The van der Waals surface area contributed by atoms with Gasteiger partial charge in [-0.05, 0) is 35.7 Å². The molecule has 2 aromatic carbocycles. The number of amides is 1. The summed E-state index contributed by atoms with van der Waals surface area (Å²) in [6.45, 7) is 0. The molecule has 1 heterocycles. The number of rotatable bonds is 3. The van der Waals surface area contributed by atoms with Gasteiger partial charge in [0.15, 0.2) is 0 Å². The van der Waals surface area contributed by atoms with E-state index in [0.29, 0.717) is 16.9 Å². The molecule has 0 spiro atoms. The lowest BCUT2D eigenvalue weighted by Gasteiger charge is -2.08. The lowest BCUT2D eigenvalue weighted by Crippen LogP contribution is -2.13. The summed E-state index contributed by atoms with van der Waals surface area (Å²) in [5.41, 5.74) is 7.48. The molecule has 7 heteroatoms. The average Bonchev–Trinajstić information content (AvgIpc) is 2.68. The van der Waals surface area contributed by atoms with Crippen LogP contribution in [0.1, 0.15) is 16.1 Å². The molecule has 0 aliphatic carbocycles. The van der Waals surface area contributed by atoms with Crippen LogP contribution in [0, 0.1) is 11.3 Å². The summed E-state index contributed by atoms with van der Waals surface area (Å²) in [5, 5.41) is 13.3. The zero-order chi connectivity index (χ0) is 18.5. The van der Waals surface area contributed by atoms with E-state index >= 15 is 0 Å². The minimum atomic E-state index is -0.369. The van der Waals surface area contributed by atoms with Crippen LogP contribution >= 0.6 is 0 Å². The van der Waals surface area contributed by atoms with Gasteiger partial charge in [0.25, 0.3) is 11.9 Å². The van der Waals surface area contributed by atoms with Gasteiger partial charge in [-0.1, -0.05) is 18.2 Å². The van der Waals surface area contributed by atoms with Crippen LogP contribution < -0.4 is 11.1 Å². The second kappa shape index (κ2) is 7.32. The van der Waals surface area contributed by atoms with Crippen LogP contribution in [0.2, 0.25) is 0 Å². The monoisotopic (exact) mass is 345 g/mol. The third kappa shape index (κ3) is 3.60. The zero-order valence-electron chi connectivity index (χ0n) is 13.9. The van der Waals surface area contributed by atoms with Gasteiger partial charge in [-0.2, -0.15) is 10.3 Å². The number of anilines is 1. The van der Waals surface area contributed by atoms with E-state index in [1.807, 2.05) is 30.3 Å². The lowest BCUT2D eigenvalue weighted by atomic mass is 10.1. The number of hydrogen-bond acceptors (Lipinski definition) is 5. The smallest absolute Gasteiger partial charge is 0.286 e. The van der Waals surface area contributed by atoms with Gasteiger partial charge in [0.2, 0.25) is 0 Å². The highest BCUT2D eigenvalue weighted by molar-refractivity contribution is 6.05. The Morgan fingerprint density at radius 1 is 1.27 bits per heavy atom. The molecule has 3 aromatic rings. The Labute approximate surface area is 149 Å². The number of aliphatic imine (C=N–C) groups is 1. The standard InChI is InChI=1S/C19H15N5O2/c1-26-19(21)24-16-4-2-3-13-6-7-14(9-15(13)16)23-18(25)17-8-5-12(10-20)11-22-17/h2-9,11H,1H3,(H2,21,24)(H,23,25). The molecule has 0 saturated carbocycles. The van der Waals surface area contributed by atoms with Crippen molar-refractivity contribution in [3.63, 3.8) is 0 Å². The lowest BCUT2D eigenvalue weighted by molar-refractivity contribution is 0.102. The normalized spacial score (nSPS) is 11.0. The summed E-state index contributed by atoms with van der Waals surface area (Å²) >= 11 is 0. The molecule has 0 radical (unpaired) electrons. The molecular formula is C19H15N5O2. The summed E-state index contributed by atoms with van der Waals surface area (Å²) in [6.07, 6.45) is 1.36. The molecule has 0 aliphatic rings. The molecule has 128 valence electrons. The van der Waals surface area contributed by atoms with Crippen LogP contribution in [-0.2, 0) is 4.74 Å². The number of hydrogen-bond donors (Lipinski definition) is 2. The molecule has 0 atom stereocenters. The van der Waals surface area contributed by atoms with Crippen LogP contribution in [-0.4, -0.2) is 24.0 Å². The summed E-state index contributed by atoms with van der Waals surface area (Å²) in [7, 11) is 1.44. The van der Waals surface area contributed by atoms with Crippen LogP contribution in [0.3, 0.4) is 0 Å². The van der Waals surface area contributed by atoms with Crippen molar-refractivity contribution >= 4 is 34.1 Å². The van der Waals surface area contributed by atoms with E-state index in [4.69, 9.17) is 15.7 Å². The highest BCUT2D eigenvalue weighted by Crippen LogP contribution is 2.28. The summed E-state index contributed by atoms with van der Waals surface area (Å²) in [5.74, 6) is -0.369. The maximum absolute atomic E-state index is 12.3. The van der Waals surface area contributed by atoms with E-state index < -0.39 is 0 Å². The number of methoxy groups -OCH3 is 1. The number of amidine groups is 1. The summed E-state index contributed by atoms with van der Waals surface area (Å²) in [4.78, 5) is 20.5. The highest BCUT2D eigenvalue weighted by Gasteiger charge is 2.09. The van der Waals surface area contributed by atoms with Crippen molar-refractivity contribution in [1.82, 2.24) is 4.98 Å². The van der Waals surface area contributed by atoms with Crippen molar-refractivity contribution in [2.24, 2.45) is 10.7 Å². The quantitative estimate of drug-likeness (QED) is 0.559. The number of nitrogens with one attached hydrogen (secondary N) is 1. The van der Waals surface area contributed by atoms with Gasteiger partial charge < -0.3 is 15.8 Å². The average molecular weight is 345 g/mol. The minimum Gasteiger partial charge on any atom is -0.469 e. The van der Waals surface area contributed by atoms with Crippen molar-refractivity contribution in [2.75, 3.05) is 12.4 Å². The van der Waals surface area contributed by atoms with Crippen LogP contribution in [0.15, 0.2) is 59.7 Å². The number of nitrogens with two attached hydrogens (primary N) is 1. The van der Waals surface area contributed by atoms with Gasteiger partial charge in [-0.3, -0.25) is 4.79 Å². The zero-order valence-corrected chi connectivity index (χ0v) is 13.9. The first-order valence-corrected chi connectivity index (χ1v) is 7.69. The van der Waals surface area contributed by atoms with Gasteiger partial charge in [0, 0.05) is 17.3 Å². The molecular weight excluding hydrogens is 330 g/mol. The number of carbonyl (C=O) groups excluding carboxylic acids is 1. The van der Waals surface area contributed by atoms with Crippen LogP contribution in [0.5, 0.6) is 0 Å². The number of nitriles is 1. The fourth-order valence-corrected chi connectivity index (χ4v) is 2.39. The number of aromatic nitrogens is 1. The van der Waals surface area contributed by atoms with Gasteiger partial charge in [0.1, 0.15) is 11.8 Å². The minimum absolute atomic E-state index is 0.0497. The Hall–Kier alpha value is -3.92. The van der Waals surface area contributed by atoms with Gasteiger partial charge in [-0.15, -0.1) is 0 Å². The number of fused-ring (bicyclic) bond motifs is 1. The molecule has 0 bridgehead atoms. The fraction of sp³-hybridized carbons (Fsp3) is 0.0526. The van der Waals surface area contributed by atoms with Gasteiger partial charge in [-0.25, -0.2) is 4.98 Å². The fourth-order valence-electron chi connectivity index (χ4n) is 2.39. The molecule has 0 fully saturated rings. The number of ether oxygens (including phenoxy) is 1. The van der Waals surface area contributed by atoms with Crippen molar-refractivity contribution < 1.29 is 9.53 Å². The Kier molecular flexibility index (Phi) is 4.76. The van der Waals surface area contributed by atoms with E-state index in [0.717, 1.165) is 10.8 Å². The first kappa shape index (κ1) is 16.9. The van der Waals surface area contributed by atoms with E-state index in [1.165, 1.54) is 19.4 Å². The van der Waals surface area contributed by atoms with Crippen LogP contribution in [0.4, 0.5) is 11.4 Å². The van der Waals surface area contributed by atoms with E-state index in [-0.39, 0.29) is 17.6 Å². The number of pyridine rings is 1. The second-order valence-electron chi connectivity index (χ2n) is 5.37. The largest absolute Gasteiger partial charge is 0.469 e. The van der Waals surface area contributed by atoms with Crippen LogP contribution in [0.25, 0.3) is 10.8 Å². The third-order valence-electron chi connectivity index (χ3n) is 3.68. The summed E-state index contributed by atoms with van der Waals surface area (Å²) < 4.78 is 4.90. The Balaban J connectivity index is 1.91. The molecule has 1 amide bonds. The maximum Gasteiger partial charge on any atom is 0.286 e. The first-order valence-electron chi connectivity index (χ1n) is 7.69. The Morgan fingerprint density at radius 2 is 2.12 bits per heavy atom. The number of benzene rings is 2. The van der Waals surface area contributed by atoms with E-state index in [2.05, 4.69) is 15.3 Å². The topological polar surface area (TPSA) is 113 Å². The molecule has 0 saturated heterocycles. The molecule has 3 rings (SSSR count). The molecule has 26 heavy (non-hydrogen) atoms. The molecule has 7 nitrogen and oxygen atoms in total. The maximum atomic E-state index is 12.3. The predicted molar refractivity (Wildman–Crippen MR) is 99.1 cm³/mol. The number of carbonyl (C=O) groups is 1. The molecule has 0 unspecified atom stereocenters. The van der Waals surface area contributed by atoms with Crippen molar-refractivity contribution in [1.29, 1.82) is 5.26 Å². The van der Waals surface area contributed by atoms with Crippen molar-refractivity contribution in [2.45, 2.75) is 0 Å². The van der Waals surface area contributed by atoms with E-state index in [9.17, 15) is 4.79 Å². The van der Waals surface area contributed by atoms with E-state index in [1.54, 1.807) is 18.2 Å². The third-order valence-corrected chi connectivity index (χ3v) is 3.68. The van der Waals surface area contributed by atoms with Gasteiger partial charge >= 0.3 is 0 Å². The molecule has 0 aliphatic heterocycles. The SMILES string of the molecule is COC(N)=Nc1cccc2ccc(NC(=O)c3ccc(C#N)cn3)cc12. The Bertz CT molecular complexity index is 1040. The molecule has 3 N–H and O–H groups in total. The predicted octanol–water partition coefficient (Wildman–Crippen LogP) is 2.95. The van der Waals surface area contributed by atoms with Gasteiger partial charge in [0.05, 0.1) is 18.4 Å². The highest BCUT2D eigenvalue weighted by atomic mass is 16.5. The number of nitrogens with zero attached hydrogens (tertiary/aromatic N) is 3. The Morgan fingerprint density at radius 3 is 2.81 bits per heavy atom.